The SMILES string of the molecule is CC(C)C.FC(F)CC(F)(F)F. The van der Waals surface area contributed by atoms with E-state index in [1.54, 1.807) is 0 Å². The summed E-state index contributed by atoms with van der Waals surface area (Å²) in [5.74, 6) is 0.833. The molecule has 0 spiro atoms. The van der Waals surface area contributed by atoms with Crippen LogP contribution in [-0.2, 0) is 0 Å². The van der Waals surface area contributed by atoms with Crippen molar-refractivity contribution in [2.45, 2.75) is 39.8 Å². The molecule has 0 atom stereocenters. The second-order valence-corrected chi connectivity index (χ2v) is 2.94. The van der Waals surface area contributed by atoms with Gasteiger partial charge in [0, 0.05) is 0 Å². The number of hydrogen-bond acceptors (Lipinski definition) is 0. The minimum atomic E-state index is -4.73. The lowest BCUT2D eigenvalue weighted by Crippen LogP contribution is -2.12. The highest BCUT2D eigenvalue weighted by molar-refractivity contribution is 4.50. The Kier molecular flexibility index (Phi) is 7.33. The average molecular weight is 192 g/mol. The van der Waals surface area contributed by atoms with Crippen LogP contribution in [0.2, 0.25) is 0 Å². The highest BCUT2D eigenvalue weighted by Crippen LogP contribution is 2.22. The van der Waals surface area contributed by atoms with Crippen molar-refractivity contribution in [1.82, 2.24) is 0 Å². The number of alkyl halides is 5. The summed E-state index contributed by atoms with van der Waals surface area (Å²) in [7, 11) is 0. The average Bonchev–Trinajstić information content (AvgIpc) is 1.52. The van der Waals surface area contributed by atoms with Gasteiger partial charge in [-0.1, -0.05) is 20.8 Å². The van der Waals surface area contributed by atoms with Gasteiger partial charge in [-0.15, -0.1) is 0 Å². The lowest BCUT2D eigenvalue weighted by molar-refractivity contribution is -0.158. The predicted octanol–water partition coefficient (Wildman–Crippen LogP) is 3.87. The van der Waals surface area contributed by atoms with E-state index in [0.717, 1.165) is 5.92 Å². The van der Waals surface area contributed by atoms with E-state index in [2.05, 4.69) is 20.8 Å². The predicted molar refractivity (Wildman–Crippen MR) is 37.2 cm³/mol. The molecule has 0 aliphatic rings. The van der Waals surface area contributed by atoms with E-state index in [0.29, 0.717) is 0 Å². The molecule has 0 aromatic carbocycles. The van der Waals surface area contributed by atoms with E-state index < -0.39 is 19.0 Å². The zero-order valence-corrected chi connectivity index (χ0v) is 7.25. The normalized spacial score (nSPS) is 11.5. The lowest BCUT2D eigenvalue weighted by atomic mass is 10.3. The van der Waals surface area contributed by atoms with Crippen molar-refractivity contribution in [3.8, 4) is 0 Å². The molecule has 0 rings (SSSR count). The maximum absolute atomic E-state index is 10.8. The van der Waals surface area contributed by atoms with E-state index in [1.807, 2.05) is 0 Å². The van der Waals surface area contributed by atoms with E-state index in [9.17, 15) is 22.0 Å². The van der Waals surface area contributed by atoms with Crippen LogP contribution in [-0.4, -0.2) is 12.6 Å². The summed E-state index contributed by atoms with van der Waals surface area (Å²) in [6, 6.07) is 0. The van der Waals surface area contributed by atoms with Crippen molar-refractivity contribution in [2.75, 3.05) is 0 Å². The molecular weight excluding hydrogens is 179 g/mol. The van der Waals surface area contributed by atoms with Gasteiger partial charge in [0.1, 0.15) is 6.42 Å². The van der Waals surface area contributed by atoms with Gasteiger partial charge >= 0.3 is 6.18 Å². The Bertz CT molecular complexity index is 91.7. The van der Waals surface area contributed by atoms with Crippen molar-refractivity contribution in [3.05, 3.63) is 0 Å². The summed E-state index contributed by atoms with van der Waals surface area (Å²) in [5.41, 5.74) is 0. The zero-order valence-electron chi connectivity index (χ0n) is 7.25. The Morgan fingerprint density at radius 1 is 1.00 bits per heavy atom. The molecule has 0 amide bonds. The van der Waals surface area contributed by atoms with Crippen LogP contribution in [0, 0.1) is 5.92 Å². The van der Waals surface area contributed by atoms with Gasteiger partial charge in [0.05, 0.1) is 0 Å². The Balaban J connectivity index is 0. The van der Waals surface area contributed by atoms with Crippen LogP contribution in [0.15, 0.2) is 0 Å². The van der Waals surface area contributed by atoms with Crippen LogP contribution in [0.4, 0.5) is 22.0 Å². The Labute approximate surface area is 68.8 Å². The third-order valence-electron chi connectivity index (χ3n) is 0.386. The molecule has 0 saturated heterocycles. The second-order valence-electron chi connectivity index (χ2n) is 2.94. The lowest BCUT2D eigenvalue weighted by Gasteiger charge is -2.02. The summed E-state index contributed by atoms with van der Waals surface area (Å²) in [4.78, 5) is 0. The van der Waals surface area contributed by atoms with Gasteiger partial charge in [0.25, 0.3) is 0 Å². The number of rotatable bonds is 1. The first kappa shape index (κ1) is 14.2. The maximum atomic E-state index is 10.8. The van der Waals surface area contributed by atoms with Crippen molar-refractivity contribution < 1.29 is 22.0 Å². The van der Waals surface area contributed by atoms with E-state index >= 15 is 0 Å². The molecular formula is C7H13F5. The fourth-order valence-corrected chi connectivity index (χ4v) is 0.175. The topological polar surface area (TPSA) is 0 Å². The monoisotopic (exact) mass is 192 g/mol. The van der Waals surface area contributed by atoms with Gasteiger partial charge in [0.2, 0.25) is 6.43 Å². The molecule has 0 aliphatic carbocycles. The highest BCUT2D eigenvalue weighted by atomic mass is 19.4. The quantitative estimate of drug-likeness (QED) is 0.553. The zero-order chi connectivity index (χ0) is 10.4. The standard InChI is InChI=1S/C4H10.C3H3F5/c1-4(2)3;4-2(5)1-3(6,7)8/h4H,1-3H3;2H,1H2. The van der Waals surface area contributed by atoms with E-state index in [-0.39, 0.29) is 0 Å². The first-order valence-electron chi connectivity index (χ1n) is 3.50. The van der Waals surface area contributed by atoms with Crippen molar-refractivity contribution in [2.24, 2.45) is 5.92 Å². The van der Waals surface area contributed by atoms with Crippen molar-refractivity contribution in [1.29, 1.82) is 0 Å². The van der Waals surface area contributed by atoms with Crippen LogP contribution in [0.25, 0.3) is 0 Å². The third-order valence-corrected chi connectivity index (χ3v) is 0.386. The fourth-order valence-electron chi connectivity index (χ4n) is 0.175. The molecule has 0 N–H and O–H groups in total. The molecule has 5 heteroatoms. The van der Waals surface area contributed by atoms with Gasteiger partial charge in [0.15, 0.2) is 0 Å². The second kappa shape index (κ2) is 6.20. The van der Waals surface area contributed by atoms with Gasteiger partial charge in [-0.05, 0) is 5.92 Å². The minimum Gasteiger partial charge on any atom is -0.210 e. The number of hydrogen-bond donors (Lipinski definition) is 0. The molecule has 0 fully saturated rings. The summed E-state index contributed by atoms with van der Waals surface area (Å²) in [6.45, 7) is 6.50. The van der Waals surface area contributed by atoms with E-state index in [4.69, 9.17) is 0 Å². The van der Waals surface area contributed by atoms with Gasteiger partial charge in [-0.25, -0.2) is 8.78 Å². The maximum Gasteiger partial charge on any atom is 0.394 e. The van der Waals surface area contributed by atoms with Gasteiger partial charge < -0.3 is 0 Å². The minimum absolute atomic E-state index is 0.833. The van der Waals surface area contributed by atoms with Crippen LogP contribution in [0.5, 0.6) is 0 Å². The largest absolute Gasteiger partial charge is 0.394 e. The summed E-state index contributed by atoms with van der Waals surface area (Å²) >= 11 is 0. The Morgan fingerprint density at radius 2 is 1.25 bits per heavy atom. The molecule has 0 nitrogen and oxygen atoms in total. The molecule has 76 valence electrons. The third kappa shape index (κ3) is 33.4. The van der Waals surface area contributed by atoms with Crippen molar-refractivity contribution >= 4 is 0 Å². The molecule has 0 unspecified atom stereocenters. The summed E-state index contributed by atoms with van der Waals surface area (Å²) in [6.07, 6.45) is -10.0. The van der Waals surface area contributed by atoms with Crippen LogP contribution >= 0.6 is 0 Å². The first-order valence-corrected chi connectivity index (χ1v) is 3.50. The molecule has 0 radical (unpaired) electrons. The van der Waals surface area contributed by atoms with Gasteiger partial charge in [-0.2, -0.15) is 13.2 Å². The molecule has 0 saturated carbocycles. The van der Waals surface area contributed by atoms with Gasteiger partial charge in [-0.3, -0.25) is 0 Å². The Hall–Kier alpha value is -0.350. The molecule has 0 heterocycles. The molecule has 0 bridgehead atoms. The first-order chi connectivity index (χ1) is 5.15. The van der Waals surface area contributed by atoms with Crippen LogP contribution < -0.4 is 0 Å². The van der Waals surface area contributed by atoms with Crippen LogP contribution in [0.3, 0.4) is 0 Å². The summed E-state index contributed by atoms with van der Waals surface area (Å²) in [5, 5.41) is 0. The molecule has 0 aliphatic heterocycles. The molecule has 0 aromatic rings. The van der Waals surface area contributed by atoms with E-state index in [1.165, 1.54) is 0 Å². The van der Waals surface area contributed by atoms with Crippen LogP contribution in [0.1, 0.15) is 27.2 Å². The van der Waals surface area contributed by atoms with Crippen molar-refractivity contribution in [3.63, 3.8) is 0 Å². The number of halogens is 5. The highest BCUT2D eigenvalue weighted by Gasteiger charge is 2.31. The Morgan fingerprint density at radius 3 is 1.25 bits per heavy atom. The fraction of sp³-hybridized carbons (Fsp3) is 1.00. The summed E-state index contributed by atoms with van der Waals surface area (Å²) < 4.78 is 54.1. The smallest absolute Gasteiger partial charge is 0.210 e. The molecule has 0 aromatic heterocycles. The molecule has 12 heavy (non-hydrogen) atoms.